The van der Waals surface area contributed by atoms with E-state index in [0.29, 0.717) is 11.3 Å². The molecule has 2 aliphatic rings. The number of hydrogen-bond acceptors (Lipinski definition) is 4. The molecule has 0 aromatic heterocycles. The van der Waals surface area contributed by atoms with E-state index >= 15 is 0 Å². The Hall–Kier alpha value is -1.76. The molecule has 6 nitrogen and oxygen atoms in total. The zero-order valence-corrected chi connectivity index (χ0v) is 9.44. The molecule has 0 bridgehead atoms. The average molecular weight is 255 g/mol. The minimum Gasteiger partial charge on any atom is -0.481 e. The Balaban J connectivity index is 2.20. The van der Waals surface area contributed by atoms with Crippen LogP contribution < -0.4 is 0 Å². The molecule has 0 aromatic carbocycles. The molecule has 0 aromatic rings. The van der Waals surface area contributed by atoms with E-state index in [1.54, 1.807) is 0 Å². The van der Waals surface area contributed by atoms with Crippen LogP contribution in [0.15, 0.2) is 22.8 Å². The van der Waals surface area contributed by atoms with Gasteiger partial charge in [0.1, 0.15) is 5.70 Å². The van der Waals surface area contributed by atoms with Gasteiger partial charge in [0.2, 0.25) is 5.91 Å². The Kier molecular flexibility index (Phi) is 2.93. The summed E-state index contributed by atoms with van der Waals surface area (Å²) in [4.78, 5) is 34.3. The van der Waals surface area contributed by atoms with Crippen molar-refractivity contribution in [3.05, 3.63) is 22.8 Å². The van der Waals surface area contributed by atoms with Crippen molar-refractivity contribution in [1.29, 1.82) is 0 Å². The second kappa shape index (κ2) is 4.25. The minimum atomic E-state index is -1.16. The third-order valence-corrected chi connectivity index (χ3v) is 3.64. The molecule has 0 radical (unpaired) electrons. The quantitative estimate of drug-likeness (QED) is 0.715. The number of nitrogens with zero attached hydrogens (tertiary/aromatic N) is 1. The van der Waals surface area contributed by atoms with Crippen LogP contribution in [0.3, 0.4) is 0 Å². The predicted molar refractivity (Wildman–Crippen MR) is 58.9 cm³/mol. The molecule has 1 saturated heterocycles. The van der Waals surface area contributed by atoms with Crippen molar-refractivity contribution in [3.63, 3.8) is 0 Å². The minimum absolute atomic E-state index is 0.0436. The van der Waals surface area contributed by atoms with E-state index in [1.165, 1.54) is 28.8 Å². The number of carboxylic acid groups (broad SMARTS) is 2. The van der Waals surface area contributed by atoms with E-state index in [1.807, 2.05) is 0 Å². The summed E-state index contributed by atoms with van der Waals surface area (Å²) in [6, 6.07) is 0. The lowest BCUT2D eigenvalue weighted by atomic mass is 10.1. The van der Waals surface area contributed by atoms with Gasteiger partial charge in [0, 0.05) is 4.91 Å². The highest BCUT2D eigenvalue weighted by molar-refractivity contribution is 8.04. The van der Waals surface area contributed by atoms with Gasteiger partial charge in [-0.25, -0.2) is 4.79 Å². The van der Waals surface area contributed by atoms with Crippen LogP contribution in [0.2, 0.25) is 0 Å². The molecule has 1 amide bonds. The van der Waals surface area contributed by atoms with Crippen molar-refractivity contribution >= 4 is 29.6 Å². The number of allylic oxidation sites excluding steroid dienone is 1. The molecule has 1 atom stereocenters. The molecule has 2 rings (SSSR count). The van der Waals surface area contributed by atoms with Gasteiger partial charge in [-0.05, 0) is 6.08 Å². The SMILES string of the molecule is O=C(O)C/C=C/C1=C(C(=O)O)N2C(=O)C[C@H]2S1. The fourth-order valence-electron chi connectivity index (χ4n) is 1.66. The summed E-state index contributed by atoms with van der Waals surface area (Å²) < 4.78 is 0. The largest absolute Gasteiger partial charge is 0.481 e. The number of amides is 1. The third-order valence-electron chi connectivity index (χ3n) is 2.41. The van der Waals surface area contributed by atoms with Gasteiger partial charge in [-0.15, -0.1) is 0 Å². The van der Waals surface area contributed by atoms with Gasteiger partial charge < -0.3 is 10.2 Å². The third kappa shape index (κ3) is 2.05. The summed E-state index contributed by atoms with van der Waals surface area (Å²) in [6.45, 7) is 0. The van der Waals surface area contributed by atoms with E-state index in [-0.39, 0.29) is 23.4 Å². The van der Waals surface area contributed by atoms with Gasteiger partial charge >= 0.3 is 11.9 Å². The molecule has 2 N–H and O–H groups in total. The Morgan fingerprint density at radius 1 is 1.47 bits per heavy atom. The van der Waals surface area contributed by atoms with E-state index in [4.69, 9.17) is 10.2 Å². The van der Waals surface area contributed by atoms with Crippen LogP contribution in [0, 0.1) is 0 Å². The van der Waals surface area contributed by atoms with E-state index in [0.717, 1.165) is 0 Å². The number of hydrogen-bond donors (Lipinski definition) is 2. The smallest absolute Gasteiger partial charge is 0.353 e. The average Bonchev–Trinajstić information content (AvgIpc) is 2.50. The maximum atomic E-state index is 11.3. The Labute approximate surface area is 101 Å². The normalized spacial score (nSPS) is 22.9. The van der Waals surface area contributed by atoms with Crippen molar-refractivity contribution < 1.29 is 24.6 Å². The second-order valence-corrected chi connectivity index (χ2v) is 4.78. The number of carbonyl (C=O) groups excluding carboxylic acids is 1. The van der Waals surface area contributed by atoms with Crippen LogP contribution in [-0.2, 0) is 14.4 Å². The molecule has 7 heteroatoms. The number of β-lactam (4-membered cyclic amide) rings is 1. The maximum absolute atomic E-state index is 11.3. The fourth-order valence-corrected chi connectivity index (χ4v) is 2.98. The first kappa shape index (κ1) is 11.7. The molecular formula is C10H9NO5S. The molecule has 90 valence electrons. The topological polar surface area (TPSA) is 94.9 Å². The first-order valence-electron chi connectivity index (χ1n) is 4.85. The fraction of sp³-hybridized carbons (Fsp3) is 0.300. The maximum Gasteiger partial charge on any atom is 0.353 e. The lowest BCUT2D eigenvalue weighted by molar-refractivity contribution is -0.145. The van der Waals surface area contributed by atoms with Crippen LogP contribution in [0.4, 0.5) is 0 Å². The molecule has 2 aliphatic heterocycles. The molecule has 0 unspecified atom stereocenters. The lowest BCUT2D eigenvalue weighted by Gasteiger charge is -2.33. The number of aliphatic carboxylic acids is 2. The van der Waals surface area contributed by atoms with Gasteiger partial charge in [0.15, 0.2) is 0 Å². The highest BCUT2D eigenvalue weighted by Gasteiger charge is 2.47. The van der Waals surface area contributed by atoms with Crippen LogP contribution in [0.1, 0.15) is 12.8 Å². The monoisotopic (exact) mass is 255 g/mol. The standard InChI is InChI=1S/C10H9NO5S/c12-6-4-7-11(6)9(10(15)16)5(17-7)2-1-3-8(13)14/h1-2,7H,3-4H2,(H,13,14)(H,15,16)/b2-1+/t7-/m1/s1. The van der Waals surface area contributed by atoms with E-state index in [2.05, 4.69) is 0 Å². The zero-order chi connectivity index (χ0) is 12.6. The van der Waals surface area contributed by atoms with Gasteiger partial charge in [-0.2, -0.15) is 0 Å². The van der Waals surface area contributed by atoms with Gasteiger partial charge in [-0.3, -0.25) is 14.5 Å². The summed E-state index contributed by atoms with van der Waals surface area (Å²) in [5.41, 5.74) is -0.0436. The van der Waals surface area contributed by atoms with Crippen molar-refractivity contribution in [2.75, 3.05) is 0 Å². The molecule has 0 saturated carbocycles. The molecular weight excluding hydrogens is 246 g/mol. The molecule has 0 aliphatic carbocycles. The summed E-state index contributed by atoms with van der Waals surface area (Å²) in [6.07, 6.45) is 2.99. The summed E-state index contributed by atoms with van der Waals surface area (Å²) in [5, 5.41) is 17.3. The Bertz CT molecular complexity index is 467. The number of carbonyl (C=O) groups is 3. The number of rotatable bonds is 4. The number of fused-ring (bicyclic) bond motifs is 1. The molecule has 17 heavy (non-hydrogen) atoms. The van der Waals surface area contributed by atoms with Crippen molar-refractivity contribution in [2.45, 2.75) is 18.2 Å². The highest BCUT2D eigenvalue weighted by atomic mass is 32.2. The second-order valence-electron chi connectivity index (χ2n) is 3.56. The van der Waals surface area contributed by atoms with E-state index < -0.39 is 11.9 Å². The summed E-state index contributed by atoms with van der Waals surface area (Å²) in [5.74, 6) is -2.36. The van der Waals surface area contributed by atoms with Crippen LogP contribution in [0.25, 0.3) is 0 Å². The van der Waals surface area contributed by atoms with Gasteiger partial charge in [-0.1, -0.05) is 17.8 Å². The number of thioether (sulfide) groups is 1. The van der Waals surface area contributed by atoms with Crippen LogP contribution in [-0.4, -0.2) is 38.3 Å². The molecule has 1 fully saturated rings. The van der Waals surface area contributed by atoms with E-state index in [9.17, 15) is 14.4 Å². The first-order valence-corrected chi connectivity index (χ1v) is 5.73. The lowest BCUT2D eigenvalue weighted by Crippen LogP contribution is -2.48. The Morgan fingerprint density at radius 3 is 2.71 bits per heavy atom. The van der Waals surface area contributed by atoms with Crippen LogP contribution >= 0.6 is 11.8 Å². The predicted octanol–water partition coefficient (Wildman–Crippen LogP) is 0.619. The molecule has 2 heterocycles. The molecule has 0 spiro atoms. The van der Waals surface area contributed by atoms with Crippen molar-refractivity contribution in [2.24, 2.45) is 0 Å². The van der Waals surface area contributed by atoms with Gasteiger partial charge in [0.05, 0.1) is 18.2 Å². The summed E-state index contributed by atoms with van der Waals surface area (Å²) in [7, 11) is 0. The van der Waals surface area contributed by atoms with Crippen LogP contribution in [0.5, 0.6) is 0 Å². The highest BCUT2D eigenvalue weighted by Crippen LogP contribution is 2.46. The summed E-state index contributed by atoms with van der Waals surface area (Å²) >= 11 is 1.28. The van der Waals surface area contributed by atoms with Crippen molar-refractivity contribution in [1.82, 2.24) is 4.90 Å². The number of carboxylic acids is 2. The zero-order valence-electron chi connectivity index (χ0n) is 8.62. The Morgan fingerprint density at radius 2 is 2.18 bits per heavy atom. The van der Waals surface area contributed by atoms with Crippen molar-refractivity contribution in [3.8, 4) is 0 Å². The first-order chi connectivity index (χ1) is 8.00. The van der Waals surface area contributed by atoms with Gasteiger partial charge in [0.25, 0.3) is 0 Å².